The van der Waals surface area contributed by atoms with Crippen LogP contribution in [0.3, 0.4) is 0 Å². The Morgan fingerprint density at radius 1 is 1.09 bits per heavy atom. The molecule has 0 unspecified atom stereocenters. The van der Waals surface area contributed by atoms with E-state index in [9.17, 15) is 28.5 Å². The Labute approximate surface area is 197 Å². The molecular weight excluding hydrogens is 471 g/mol. The number of thiazole rings is 1. The third-order valence-corrected chi connectivity index (χ3v) is 7.01. The standard InChI is InChI=1S/C22H26F3N5O3S/c1-10-15(19-29-12-6-4-5-7-14(12)34-19)18(30-20(27-10)26-9-22(23,24)25)28-13-8-11(21(2,3)33)16(31)17(13)32/h4-7,11,13,16-17,31-33H,8-9H2,1-3H3,(H2,26,27,28,30)/t11-,13+,16+,17-/m0/s1. The number of halogens is 3. The third kappa shape index (κ3) is 5.09. The highest BCUT2D eigenvalue weighted by Crippen LogP contribution is 2.40. The van der Waals surface area contributed by atoms with Crippen LogP contribution in [0, 0.1) is 12.8 Å². The number of anilines is 2. The fourth-order valence-electron chi connectivity index (χ4n) is 4.23. The summed E-state index contributed by atoms with van der Waals surface area (Å²) >= 11 is 1.38. The van der Waals surface area contributed by atoms with E-state index in [-0.39, 0.29) is 18.2 Å². The maximum Gasteiger partial charge on any atom is 0.405 e. The van der Waals surface area contributed by atoms with Crippen LogP contribution in [0.15, 0.2) is 24.3 Å². The predicted molar refractivity (Wildman–Crippen MR) is 124 cm³/mol. The molecule has 0 spiro atoms. The van der Waals surface area contributed by atoms with Gasteiger partial charge in [-0.15, -0.1) is 11.3 Å². The summed E-state index contributed by atoms with van der Waals surface area (Å²) in [5.74, 6) is -0.658. The number of nitrogens with zero attached hydrogens (tertiary/aromatic N) is 3. The van der Waals surface area contributed by atoms with Crippen LogP contribution in [-0.4, -0.2) is 66.8 Å². The van der Waals surface area contributed by atoms with Crippen molar-refractivity contribution in [2.45, 2.75) is 57.2 Å². The van der Waals surface area contributed by atoms with Gasteiger partial charge in [-0.3, -0.25) is 0 Å². The van der Waals surface area contributed by atoms with Crippen LogP contribution in [0.5, 0.6) is 0 Å². The number of nitrogens with one attached hydrogen (secondary N) is 2. The summed E-state index contributed by atoms with van der Waals surface area (Å²) < 4.78 is 39.2. The Hall–Kier alpha value is -2.54. The molecule has 4 atom stereocenters. The first-order chi connectivity index (χ1) is 15.8. The second-order valence-electron chi connectivity index (χ2n) is 9.04. The first-order valence-corrected chi connectivity index (χ1v) is 11.6. The minimum absolute atomic E-state index is 0.184. The van der Waals surface area contributed by atoms with Crippen molar-refractivity contribution in [1.82, 2.24) is 15.0 Å². The van der Waals surface area contributed by atoms with Gasteiger partial charge < -0.3 is 26.0 Å². The van der Waals surface area contributed by atoms with Gasteiger partial charge in [0.25, 0.3) is 0 Å². The van der Waals surface area contributed by atoms with Crippen LogP contribution < -0.4 is 10.6 Å². The molecule has 0 radical (unpaired) electrons. The lowest BCUT2D eigenvalue weighted by Gasteiger charge is -2.28. The van der Waals surface area contributed by atoms with Crippen molar-refractivity contribution >= 4 is 33.3 Å². The Bertz CT molecular complexity index is 1150. The smallest absolute Gasteiger partial charge is 0.390 e. The molecule has 2 aromatic heterocycles. The average molecular weight is 498 g/mol. The molecule has 1 aliphatic carbocycles. The Morgan fingerprint density at radius 3 is 2.41 bits per heavy atom. The van der Waals surface area contributed by atoms with E-state index in [0.717, 1.165) is 10.2 Å². The first-order valence-electron chi connectivity index (χ1n) is 10.7. The third-order valence-electron chi connectivity index (χ3n) is 5.96. The average Bonchev–Trinajstić information content (AvgIpc) is 3.27. The number of aliphatic hydroxyl groups excluding tert-OH is 2. The van der Waals surface area contributed by atoms with Crippen LogP contribution >= 0.6 is 11.3 Å². The van der Waals surface area contributed by atoms with Crippen molar-refractivity contribution in [2.75, 3.05) is 17.2 Å². The van der Waals surface area contributed by atoms with Crippen molar-refractivity contribution in [2.24, 2.45) is 5.92 Å². The summed E-state index contributed by atoms with van der Waals surface area (Å²) in [4.78, 5) is 13.1. The van der Waals surface area contributed by atoms with E-state index in [1.807, 2.05) is 24.3 Å². The van der Waals surface area contributed by atoms with Crippen molar-refractivity contribution in [1.29, 1.82) is 0 Å². The fraction of sp³-hybridized carbons (Fsp3) is 0.500. The van der Waals surface area contributed by atoms with E-state index in [0.29, 0.717) is 16.3 Å². The number of alkyl halides is 3. The van der Waals surface area contributed by atoms with E-state index in [1.165, 1.54) is 11.3 Å². The topological polar surface area (TPSA) is 123 Å². The van der Waals surface area contributed by atoms with Gasteiger partial charge in [0, 0.05) is 5.92 Å². The molecule has 184 valence electrons. The second-order valence-corrected chi connectivity index (χ2v) is 10.1. The van der Waals surface area contributed by atoms with E-state index in [4.69, 9.17) is 0 Å². The number of aliphatic hydroxyl groups is 3. The molecule has 4 rings (SSSR count). The van der Waals surface area contributed by atoms with E-state index >= 15 is 0 Å². The maximum atomic E-state index is 12.8. The molecule has 1 fully saturated rings. The van der Waals surface area contributed by atoms with Crippen LogP contribution in [0.4, 0.5) is 24.9 Å². The number of hydrogen-bond acceptors (Lipinski definition) is 9. The van der Waals surface area contributed by atoms with E-state index in [1.54, 1.807) is 20.8 Å². The zero-order chi connectivity index (χ0) is 24.8. The molecule has 1 aromatic carbocycles. The lowest BCUT2D eigenvalue weighted by Crippen LogP contribution is -2.40. The molecule has 1 aliphatic rings. The van der Waals surface area contributed by atoms with Crippen molar-refractivity contribution < 1.29 is 28.5 Å². The second kappa shape index (κ2) is 8.91. The van der Waals surface area contributed by atoms with Crippen LogP contribution in [0.2, 0.25) is 0 Å². The number of hydrogen-bond donors (Lipinski definition) is 5. The highest BCUT2D eigenvalue weighted by molar-refractivity contribution is 7.21. The summed E-state index contributed by atoms with van der Waals surface area (Å²) in [6.07, 6.45) is -6.64. The van der Waals surface area contributed by atoms with Gasteiger partial charge in [-0.1, -0.05) is 12.1 Å². The molecule has 0 aliphatic heterocycles. The molecule has 3 aromatic rings. The minimum atomic E-state index is -4.46. The zero-order valence-corrected chi connectivity index (χ0v) is 19.6. The van der Waals surface area contributed by atoms with Crippen molar-refractivity contribution in [3.63, 3.8) is 0 Å². The fourth-order valence-corrected chi connectivity index (χ4v) is 5.29. The number of para-hydroxylation sites is 1. The molecule has 5 N–H and O–H groups in total. The van der Waals surface area contributed by atoms with Crippen LogP contribution in [0.1, 0.15) is 26.0 Å². The highest BCUT2D eigenvalue weighted by Gasteiger charge is 2.48. The van der Waals surface area contributed by atoms with Gasteiger partial charge in [-0.25, -0.2) is 9.97 Å². The van der Waals surface area contributed by atoms with E-state index < -0.39 is 42.5 Å². The zero-order valence-electron chi connectivity index (χ0n) is 18.8. The number of rotatable bonds is 6. The molecule has 8 nitrogen and oxygen atoms in total. The van der Waals surface area contributed by atoms with Gasteiger partial charge in [0.05, 0.1) is 39.2 Å². The highest BCUT2D eigenvalue weighted by atomic mass is 32.1. The quantitative estimate of drug-likeness (QED) is 0.352. The van der Waals surface area contributed by atoms with Gasteiger partial charge >= 0.3 is 6.18 Å². The molecule has 2 heterocycles. The van der Waals surface area contributed by atoms with Gasteiger partial charge in [-0.2, -0.15) is 18.2 Å². The number of aromatic nitrogens is 3. The van der Waals surface area contributed by atoms with Crippen molar-refractivity contribution in [3.05, 3.63) is 30.0 Å². The minimum Gasteiger partial charge on any atom is -0.390 e. The molecule has 1 saturated carbocycles. The summed E-state index contributed by atoms with van der Waals surface area (Å²) in [5.41, 5.74) is 0.402. The van der Waals surface area contributed by atoms with Gasteiger partial charge in [0.2, 0.25) is 5.95 Å². The molecule has 0 saturated heterocycles. The maximum absolute atomic E-state index is 12.8. The molecule has 34 heavy (non-hydrogen) atoms. The van der Waals surface area contributed by atoms with Crippen molar-refractivity contribution in [3.8, 4) is 10.6 Å². The monoisotopic (exact) mass is 497 g/mol. The Balaban J connectivity index is 1.74. The van der Waals surface area contributed by atoms with Crippen LogP contribution in [-0.2, 0) is 0 Å². The Kier molecular flexibility index (Phi) is 6.44. The van der Waals surface area contributed by atoms with Crippen LogP contribution in [0.25, 0.3) is 20.8 Å². The normalized spacial score (nSPS) is 23.4. The summed E-state index contributed by atoms with van der Waals surface area (Å²) in [6.45, 7) is 3.44. The largest absolute Gasteiger partial charge is 0.405 e. The van der Waals surface area contributed by atoms with Gasteiger partial charge in [0.15, 0.2) is 0 Å². The lowest BCUT2D eigenvalue weighted by molar-refractivity contribution is -0.115. The van der Waals surface area contributed by atoms with Gasteiger partial charge in [-0.05, 0) is 39.3 Å². The summed E-state index contributed by atoms with van der Waals surface area (Å²) in [5, 5.41) is 37.3. The number of fused-ring (bicyclic) bond motifs is 1. The number of aryl methyl sites for hydroxylation is 1. The lowest BCUT2D eigenvalue weighted by atomic mass is 9.88. The van der Waals surface area contributed by atoms with E-state index in [2.05, 4.69) is 25.6 Å². The predicted octanol–water partition coefficient (Wildman–Crippen LogP) is 3.33. The SMILES string of the molecule is Cc1nc(NCC(F)(F)F)nc(N[C@@H]2C[C@H](C(C)(C)O)[C@@H](O)[C@H]2O)c1-c1nc2ccccc2s1. The summed E-state index contributed by atoms with van der Waals surface area (Å²) in [6, 6.07) is 6.78. The molecular formula is C22H26F3N5O3S. The molecule has 12 heteroatoms. The first kappa shape index (κ1) is 24.6. The molecule has 0 amide bonds. The Morgan fingerprint density at radius 2 is 1.79 bits per heavy atom. The molecule has 0 bridgehead atoms. The van der Waals surface area contributed by atoms with Gasteiger partial charge in [0.1, 0.15) is 23.5 Å². The number of benzene rings is 1. The summed E-state index contributed by atoms with van der Waals surface area (Å²) in [7, 11) is 0.